The van der Waals surface area contributed by atoms with Crippen LogP contribution >= 0.6 is 0 Å². The van der Waals surface area contributed by atoms with E-state index in [2.05, 4.69) is 31.7 Å². The average Bonchev–Trinajstić information content (AvgIpc) is 2.89. The van der Waals surface area contributed by atoms with Gasteiger partial charge in [-0.1, -0.05) is 44.2 Å². The van der Waals surface area contributed by atoms with Crippen LogP contribution in [0.5, 0.6) is 5.75 Å². The van der Waals surface area contributed by atoms with E-state index in [1.807, 2.05) is 48.5 Å². The zero-order valence-electron chi connectivity index (χ0n) is 21.9. The number of piperidine rings is 1. The van der Waals surface area contributed by atoms with E-state index in [0.717, 1.165) is 42.5 Å². The average molecular weight is 501 g/mol. The minimum atomic E-state index is -0.580. The quantitative estimate of drug-likeness (QED) is 0.440. The molecule has 1 N–H and O–H groups in total. The topological polar surface area (TPSA) is 70.1 Å². The van der Waals surface area contributed by atoms with Crippen molar-refractivity contribution in [1.82, 2.24) is 9.80 Å². The van der Waals surface area contributed by atoms with Gasteiger partial charge in [0.05, 0.1) is 0 Å². The van der Waals surface area contributed by atoms with E-state index in [1.54, 1.807) is 0 Å². The maximum absolute atomic E-state index is 13.2. The molecule has 3 aromatic carbocycles. The molecule has 2 aliphatic heterocycles. The zero-order valence-corrected chi connectivity index (χ0v) is 21.9. The van der Waals surface area contributed by atoms with Crippen LogP contribution in [0.25, 0.3) is 10.8 Å². The van der Waals surface area contributed by atoms with Gasteiger partial charge >= 0.3 is 0 Å². The lowest BCUT2D eigenvalue weighted by Gasteiger charge is -2.36. The second-order valence-electron chi connectivity index (χ2n) is 10.8. The maximum Gasteiger partial charge on any atom is 0.261 e. The van der Waals surface area contributed by atoms with Gasteiger partial charge in [0.2, 0.25) is 0 Å². The number of aryl methyl sites for hydroxylation is 1. The summed E-state index contributed by atoms with van der Waals surface area (Å²) in [5.74, 6) is 1.12. The van der Waals surface area contributed by atoms with Crippen molar-refractivity contribution in [2.24, 2.45) is 5.92 Å². The number of carbonyl (C=O) groups is 2. The molecular formula is C31H36N2O4. The molecule has 194 valence electrons. The van der Waals surface area contributed by atoms with Gasteiger partial charge in [-0.15, -0.1) is 0 Å². The number of β-amino-alcohol motifs (C(OH)–C–C–N with tert-alkyl or cyclic N) is 1. The summed E-state index contributed by atoms with van der Waals surface area (Å²) in [7, 11) is 0. The summed E-state index contributed by atoms with van der Waals surface area (Å²) in [6.45, 7) is 9.34. The summed E-state index contributed by atoms with van der Waals surface area (Å²) < 4.78 is 5.86. The molecule has 1 saturated heterocycles. The first kappa shape index (κ1) is 25.4. The number of rotatable bonds is 8. The summed E-state index contributed by atoms with van der Waals surface area (Å²) >= 11 is 0. The second kappa shape index (κ2) is 10.6. The number of benzene rings is 3. The van der Waals surface area contributed by atoms with E-state index in [1.165, 1.54) is 16.0 Å². The first-order valence-electron chi connectivity index (χ1n) is 13.3. The van der Waals surface area contributed by atoms with Gasteiger partial charge in [0, 0.05) is 29.6 Å². The van der Waals surface area contributed by atoms with Crippen molar-refractivity contribution < 1.29 is 19.4 Å². The largest absolute Gasteiger partial charge is 0.491 e. The van der Waals surface area contributed by atoms with E-state index >= 15 is 0 Å². The number of carbonyl (C=O) groups excluding carboxylic acids is 2. The van der Waals surface area contributed by atoms with E-state index in [4.69, 9.17) is 4.74 Å². The minimum Gasteiger partial charge on any atom is -0.491 e. The summed E-state index contributed by atoms with van der Waals surface area (Å²) in [6.07, 6.45) is 1.18. The predicted octanol–water partition coefficient (Wildman–Crippen LogP) is 5.02. The molecule has 0 bridgehead atoms. The lowest BCUT2D eigenvalue weighted by atomic mass is 9.91. The Kier molecular flexibility index (Phi) is 7.31. The van der Waals surface area contributed by atoms with Crippen LogP contribution in [0.1, 0.15) is 64.4 Å². The molecule has 6 nitrogen and oxygen atoms in total. The molecule has 6 heteroatoms. The lowest BCUT2D eigenvalue weighted by molar-refractivity contribution is 0.0453. The van der Waals surface area contributed by atoms with Crippen LogP contribution < -0.4 is 4.74 Å². The smallest absolute Gasteiger partial charge is 0.261 e. The highest BCUT2D eigenvalue weighted by atomic mass is 16.5. The van der Waals surface area contributed by atoms with E-state index in [0.29, 0.717) is 30.1 Å². The Balaban J connectivity index is 1.12. The van der Waals surface area contributed by atoms with Crippen molar-refractivity contribution in [1.29, 1.82) is 0 Å². The van der Waals surface area contributed by atoms with Crippen LogP contribution in [0.4, 0.5) is 0 Å². The summed E-state index contributed by atoms with van der Waals surface area (Å²) in [4.78, 5) is 30.1. The van der Waals surface area contributed by atoms with Crippen molar-refractivity contribution in [3.05, 3.63) is 76.9 Å². The first-order chi connectivity index (χ1) is 17.8. The fraction of sp³-hybridized carbons (Fsp3) is 0.419. The molecule has 0 spiro atoms. The Morgan fingerprint density at radius 2 is 1.62 bits per heavy atom. The number of imide groups is 1. The number of nitrogens with zero attached hydrogens (tertiary/aromatic N) is 2. The molecule has 2 aliphatic rings. The Morgan fingerprint density at radius 3 is 2.22 bits per heavy atom. The third-order valence-electron chi connectivity index (χ3n) is 7.78. The molecule has 0 radical (unpaired) electrons. The van der Waals surface area contributed by atoms with Gasteiger partial charge in [0.1, 0.15) is 18.5 Å². The number of aliphatic hydroxyl groups is 1. The van der Waals surface area contributed by atoms with Crippen LogP contribution in [0.3, 0.4) is 0 Å². The fourth-order valence-corrected chi connectivity index (χ4v) is 5.78. The van der Waals surface area contributed by atoms with Gasteiger partial charge in [-0.05, 0) is 85.5 Å². The van der Waals surface area contributed by atoms with E-state index < -0.39 is 6.10 Å². The van der Waals surface area contributed by atoms with Crippen LogP contribution in [0.2, 0.25) is 0 Å². The monoisotopic (exact) mass is 500 g/mol. The van der Waals surface area contributed by atoms with Gasteiger partial charge in [-0.3, -0.25) is 14.5 Å². The van der Waals surface area contributed by atoms with Crippen LogP contribution in [0, 0.1) is 12.8 Å². The highest BCUT2D eigenvalue weighted by molar-refractivity contribution is 6.25. The predicted molar refractivity (Wildman–Crippen MR) is 145 cm³/mol. The molecule has 3 aromatic rings. The molecule has 2 heterocycles. The van der Waals surface area contributed by atoms with E-state index in [9.17, 15) is 14.7 Å². The molecule has 37 heavy (non-hydrogen) atoms. The van der Waals surface area contributed by atoms with Gasteiger partial charge in [-0.2, -0.15) is 0 Å². The Bertz CT molecular complexity index is 1260. The lowest BCUT2D eigenvalue weighted by Crippen LogP contribution is -2.46. The molecule has 1 fully saturated rings. The minimum absolute atomic E-state index is 0.194. The number of likely N-dealkylation sites (tertiary alicyclic amines) is 1. The van der Waals surface area contributed by atoms with E-state index in [-0.39, 0.29) is 24.3 Å². The van der Waals surface area contributed by atoms with Crippen LogP contribution in [-0.4, -0.2) is 65.6 Å². The van der Waals surface area contributed by atoms with Crippen molar-refractivity contribution >= 4 is 22.6 Å². The van der Waals surface area contributed by atoms with Crippen LogP contribution in [0.15, 0.2) is 54.6 Å². The number of aliphatic hydroxyl groups excluding tert-OH is 1. The number of ether oxygens (including phenoxy) is 1. The third kappa shape index (κ3) is 5.27. The summed E-state index contributed by atoms with van der Waals surface area (Å²) in [5, 5.41) is 12.3. The second-order valence-corrected chi connectivity index (χ2v) is 10.8. The number of hydrogen-bond acceptors (Lipinski definition) is 5. The standard InChI is InChI=1S/C31H36N2O4/c1-20(2)26-11-10-25(16-21(26)3)37-19-24(34)18-32-14-12-22(13-15-32)17-33-30(35)27-8-4-6-23-7-5-9-28(29(23)27)31(33)36/h4-11,16,20,22,24,34H,12-15,17-19H2,1-3H3/t24-/m1/s1. The first-order valence-corrected chi connectivity index (χ1v) is 13.3. The highest BCUT2D eigenvalue weighted by Crippen LogP contribution is 2.31. The van der Waals surface area contributed by atoms with Crippen molar-refractivity contribution in [2.45, 2.75) is 45.6 Å². The Morgan fingerprint density at radius 1 is 0.973 bits per heavy atom. The number of amides is 2. The van der Waals surface area contributed by atoms with Gasteiger partial charge in [0.25, 0.3) is 11.8 Å². The molecular weight excluding hydrogens is 464 g/mol. The van der Waals surface area contributed by atoms with Gasteiger partial charge in [0.15, 0.2) is 0 Å². The Labute approximate surface area is 218 Å². The maximum atomic E-state index is 13.2. The van der Waals surface area contributed by atoms with Crippen molar-refractivity contribution in [3.8, 4) is 5.75 Å². The zero-order chi connectivity index (χ0) is 26.1. The molecule has 5 rings (SSSR count). The van der Waals surface area contributed by atoms with Gasteiger partial charge in [-0.25, -0.2) is 0 Å². The fourth-order valence-electron chi connectivity index (χ4n) is 5.78. The van der Waals surface area contributed by atoms with Crippen LogP contribution in [-0.2, 0) is 0 Å². The molecule has 0 aromatic heterocycles. The summed E-state index contributed by atoms with van der Waals surface area (Å²) in [5.41, 5.74) is 3.74. The number of hydrogen-bond donors (Lipinski definition) is 1. The molecule has 2 amide bonds. The Hall–Kier alpha value is -3.22. The molecule has 0 aliphatic carbocycles. The highest BCUT2D eigenvalue weighted by Gasteiger charge is 2.34. The van der Waals surface area contributed by atoms with Crippen molar-refractivity contribution in [3.63, 3.8) is 0 Å². The van der Waals surface area contributed by atoms with Crippen molar-refractivity contribution in [2.75, 3.05) is 32.8 Å². The van der Waals surface area contributed by atoms with Gasteiger partial charge < -0.3 is 14.7 Å². The molecule has 0 unspecified atom stereocenters. The summed E-state index contributed by atoms with van der Waals surface area (Å²) in [6, 6.07) is 17.4. The molecule has 1 atom stereocenters. The SMILES string of the molecule is Cc1cc(OC[C@H](O)CN2CCC(CN3C(=O)c4cccc5cccc(c45)C3=O)CC2)ccc1C(C)C. The normalized spacial score (nSPS) is 17.6. The third-order valence-corrected chi connectivity index (χ3v) is 7.78. The molecule has 0 saturated carbocycles.